The monoisotopic (exact) mass is 279 g/mol. The molecule has 1 aliphatic rings. The van der Waals surface area contributed by atoms with Gasteiger partial charge in [0.05, 0.1) is 26.7 Å². The third kappa shape index (κ3) is 4.83. The van der Waals surface area contributed by atoms with Crippen molar-refractivity contribution in [1.29, 1.82) is 0 Å². The average Bonchev–Trinajstić information content (AvgIpc) is 2.50. The second kappa shape index (κ2) is 7.87. The lowest BCUT2D eigenvalue weighted by molar-refractivity contribution is -0.139. The van der Waals surface area contributed by atoms with Crippen molar-refractivity contribution >= 4 is 5.97 Å². The van der Waals surface area contributed by atoms with Gasteiger partial charge >= 0.3 is 5.97 Å². The van der Waals surface area contributed by atoms with E-state index < -0.39 is 0 Å². The van der Waals surface area contributed by atoms with Gasteiger partial charge in [-0.1, -0.05) is 12.1 Å². The first-order valence-corrected chi connectivity index (χ1v) is 6.86. The van der Waals surface area contributed by atoms with Crippen LogP contribution in [0.5, 0.6) is 5.75 Å². The van der Waals surface area contributed by atoms with E-state index in [1.807, 2.05) is 24.3 Å². The number of esters is 1. The summed E-state index contributed by atoms with van der Waals surface area (Å²) >= 11 is 0. The van der Waals surface area contributed by atoms with E-state index in [-0.39, 0.29) is 5.97 Å². The van der Waals surface area contributed by atoms with Crippen molar-refractivity contribution in [2.75, 3.05) is 46.6 Å². The van der Waals surface area contributed by atoms with Gasteiger partial charge < -0.3 is 14.2 Å². The molecule has 1 fully saturated rings. The molecule has 1 heterocycles. The van der Waals surface area contributed by atoms with Crippen LogP contribution in [-0.4, -0.2) is 57.4 Å². The molecular formula is C15H21NO4. The first kappa shape index (κ1) is 14.8. The molecule has 5 nitrogen and oxygen atoms in total. The van der Waals surface area contributed by atoms with E-state index in [2.05, 4.69) is 9.64 Å². The van der Waals surface area contributed by atoms with E-state index in [1.165, 1.54) is 7.11 Å². The van der Waals surface area contributed by atoms with Gasteiger partial charge in [-0.15, -0.1) is 0 Å². The van der Waals surface area contributed by atoms with Crippen LogP contribution in [0.4, 0.5) is 0 Å². The highest BCUT2D eigenvalue weighted by Gasteiger charge is 2.09. The highest BCUT2D eigenvalue weighted by molar-refractivity contribution is 5.72. The quantitative estimate of drug-likeness (QED) is 0.730. The van der Waals surface area contributed by atoms with Crippen molar-refractivity contribution in [2.45, 2.75) is 6.42 Å². The van der Waals surface area contributed by atoms with Gasteiger partial charge in [0.2, 0.25) is 0 Å². The van der Waals surface area contributed by atoms with Crippen LogP contribution in [0.15, 0.2) is 24.3 Å². The number of hydrogen-bond donors (Lipinski definition) is 0. The lowest BCUT2D eigenvalue weighted by atomic mass is 10.1. The Hall–Kier alpha value is -1.59. The van der Waals surface area contributed by atoms with Crippen molar-refractivity contribution in [1.82, 2.24) is 4.90 Å². The summed E-state index contributed by atoms with van der Waals surface area (Å²) in [6.07, 6.45) is 0.296. The predicted octanol–water partition coefficient (Wildman–Crippen LogP) is 1.11. The maximum atomic E-state index is 11.1. The van der Waals surface area contributed by atoms with E-state index in [1.54, 1.807) is 0 Å². The van der Waals surface area contributed by atoms with Crippen LogP contribution >= 0.6 is 0 Å². The molecule has 0 aliphatic carbocycles. The van der Waals surface area contributed by atoms with Gasteiger partial charge in [-0.3, -0.25) is 9.69 Å². The van der Waals surface area contributed by atoms with Crippen LogP contribution in [0.2, 0.25) is 0 Å². The molecule has 1 aliphatic heterocycles. The van der Waals surface area contributed by atoms with Crippen LogP contribution < -0.4 is 4.74 Å². The van der Waals surface area contributed by atoms with Gasteiger partial charge in [0.25, 0.3) is 0 Å². The van der Waals surface area contributed by atoms with Gasteiger partial charge in [0, 0.05) is 19.6 Å². The second-order valence-corrected chi connectivity index (χ2v) is 4.70. The summed E-state index contributed by atoms with van der Waals surface area (Å²) in [5.41, 5.74) is 0.928. The highest BCUT2D eigenvalue weighted by Crippen LogP contribution is 2.13. The summed E-state index contributed by atoms with van der Waals surface area (Å²) in [4.78, 5) is 13.5. The molecular weight excluding hydrogens is 258 g/mol. The fraction of sp³-hybridized carbons (Fsp3) is 0.533. The van der Waals surface area contributed by atoms with Crippen molar-refractivity contribution in [2.24, 2.45) is 0 Å². The standard InChI is InChI=1S/C15H21NO4/c1-18-15(17)12-13-2-4-14(5-3-13)20-11-8-16-6-9-19-10-7-16/h2-5H,6-12H2,1H3. The molecule has 110 valence electrons. The minimum Gasteiger partial charge on any atom is -0.492 e. The highest BCUT2D eigenvalue weighted by atomic mass is 16.5. The molecule has 0 atom stereocenters. The fourth-order valence-electron chi connectivity index (χ4n) is 2.06. The number of methoxy groups -OCH3 is 1. The molecule has 0 saturated carbocycles. The zero-order valence-electron chi connectivity index (χ0n) is 11.8. The molecule has 0 N–H and O–H groups in total. The minimum absolute atomic E-state index is 0.231. The zero-order valence-corrected chi connectivity index (χ0v) is 11.8. The van der Waals surface area contributed by atoms with Crippen molar-refractivity contribution < 1.29 is 19.0 Å². The number of benzene rings is 1. The molecule has 0 radical (unpaired) electrons. The zero-order chi connectivity index (χ0) is 14.2. The summed E-state index contributed by atoms with van der Waals surface area (Å²) in [6, 6.07) is 7.55. The fourth-order valence-corrected chi connectivity index (χ4v) is 2.06. The minimum atomic E-state index is -0.231. The molecule has 1 saturated heterocycles. The van der Waals surface area contributed by atoms with E-state index >= 15 is 0 Å². The van der Waals surface area contributed by atoms with Gasteiger partial charge in [-0.05, 0) is 17.7 Å². The number of hydrogen-bond acceptors (Lipinski definition) is 5. The molecule has 1 aromatic rings. The lowest BCUT2D eigenvalue weighted by Gasteiger charge is -2.26. The van der Waals surface area contributed by atoms with Crippen LogP contribution in [-0.2, 0) is 20.7 Å². The third-order valence-corrected chi connectivity index (χ3v) is 3.28. The molecule has 0 bridgehead atoms. The largest absolute Gasteiger partial charge is 0.492 e. The molecule has 20 heavy (non-hydrogen) atoms. The molecule has 0 unspecified atom stereocenters. The Labute approximate surface area is 119 Å². The third-order valence-electron chi connectivity index (χ3n) is 3.28. The van der Waals surface area contributed by atoms with Crippen LogP contribution in [0.1, 0.15) is 5.56 Å². The summed E-state index contributed by atoms with van der Waals surface area (Å²) in [6.45, 7) is 5.14. The Morgan fingerprint density at radius 3 is 2.60 bits per heavy atom. The smallest absolute Gasteiger partial charge is 0.309 e. The summed E-state index contributed by atoms with van der Waals surface area (Å²) in [5, 5.41) is 0. The number of nitrogens with zero attached hydrogens (tertiary/aromatic N) is 1. The Bertz CT molecular complexity index is 412. The SMILES string of the molecule is COC(=O)Cc1ccc(OCCN2CCOCC2)cc1. The van der Waals surface area contributed by atoms with Crippen molar-refractivity contribution in [3.63, 3.8) is 0 Å². The number of carbonyl (C=O) groups excluding carboxylic acids is 1. The average molecular weight is 279 g/mol. The Morgan fingerprint density at radius 2 is 1.95 bits per heavy atom. The van der Waals surface area contributed by atoms with E-state index in [9.17, 15) is 4.79 Å². The summed E-state index contributed by atoms with van der Waals surface area (Å²) < 4.78 is 15.6. The van der Waals surface area contributed by atoms with E-state index in [4.69, 9.17) is 9.47 Å². The number of carbonyl (C=O) groups is 1. The molecule has 1 aromatic carbocycles. The van der Waals surface area contributed by atoms with Crippen LogP contribution in [0.25, 0.3) is 0 Å². The molecule has 5 heteroatoms. The normalized spacial score (nSPS) is 15.8. The molecule has 0 spiro atoms. The Balaban J connectivity index is 1.71. The lowest BCUT2D eigenvalue weighted by Crippen LogP contribution is -2.38. The van der Waals surface area contributed by atoms with Gasteiger partial charge in [0.1, 0.15) is 12.4 Å². The van der Waals surface area contributed by atoms with Crippen LogP contribution in [0.3, 0.4) is 0 Å². The van der Waals surface area contributed by atoms with Crippen LogP contribution in [0, 0.1) is 0 Å². The summed E-state index contributed by atoms with van der Waals surface area (Å²) in [5.74, 6) is 0.595. The molecule has 0 aromatic heterocycles. The van der Waals surface area contributed by atoms with Gasteiger partial charge in [-0.25, -0.2) is 0 Å². The van der Waals surface area contributed by atoms with Gasteiger partial charge in [0.15, 0.2) is 0 Å². The Morgan fingerprint density at radius 1 is 1.25 bits per heavy atom. The second-order valence-electron chi connectivity index (χ2n) is 4.70. The maximum absolute atomic E-state index is 11.1. The first-order valence-electron chi connectivity index (χ1n) is 6.86. The topological polar surface area (TPSA) is 48.0 Å². The number of morpholine rings is 1. The molecule has 0 amide bonds. The van der Waals surface area contributed by atoms with E-state index in [0.717, 1.165) is 44.2 Å². The number of rotatable bonds is 6. The van der Waals surface area contributed by atoms with Crippen molar-refractivity contribution in [3.8, 4) is 5.75 Å². The maximum Gasteiger partial charge on any atom is 0.309 e. The first-order chi connectivity index (χ1) is 9.78. The summed E-state index contributed by atoms with van der Waals surface area (Å²) in [7, 11) is 1.39. The predicted molar refractivity (Wildman–Crippen MR) is 74.9 cm³/mol. The van der Waals surface area contributed by atoms with E-state index in [0.29, 0.717) is 13.0 Å². The molecule has 2 rings (SSSR count). The van der Waals surface area contributed by atoms with Crippen molar-refractivity contribution in [3.05, 3.63) is 29.8 Å². The number of ether oxygens (including phenoxy) is 3. The van der Waals surface area contributed by atoms with Gasteiger partial charge in [-0.2, -0.15) is 0 Å². The Kier molecular flexibility index (Phi) is 5.83.